The van der Waals surface area contributed by atoms with E-state index in [1.165, 1.54) is 63.4 Å². The Morgan fingerprint density at radius 3 is 1.89 bits per heavy atom. The summed E-state index contributed by atoms with van der Waals surface area (Å²) in [6, 6.07) is 8.56. The molecule has 0 aromatic heterocycles. The second-order valence-electron chi connectivity index (χ2n) is 5.71. The minimum Gasteiger partial charge on any atom is -0.399 e. The molecule has 1 aromatic carbocycles. The van der Waals surface area contributed by atoms with Crippen LogP contribution in [-0.2, 0) is 0 Å². The van der Waals surface area contributed by atoms with E-state index < -0.39 is 0 Å². The molecule has 0 aliphatic heterocycles. The van der Waals surface area contributed by atoms with E-state index in [0.29, 0.717) is 0 Å². The third-order valence-electron chi connectivity index (χ3n) is 3.97. The number of nitrogen functional groups attached to an aromatic ring is 1. The molecule has 2 N–H and O–H groups in total. The largest absolute Gasteiger partial charge is 0.399 e. The van der Waals surface area contributed by atoms with Crippen LogP contribution in [0.15, 0.2) is 24.3 Å². The van der Waals surface area contributed by atoms with Crippen molar-refractivity contribution in [2.24, 2.45) is 0 Å². The van der Waals surface area contributed by atoms with Crippen LogP contribution in [-0.4, -0.2) is 0 Å². The molecule has 1 rings (SSSR count). The van der Waals surface area contributed by atoms with Gasteiger partial charge < -0.3 is 5.73 Å². The van der Waals surface area contributed by atoms with Crippen molar-refractivity contribution in [1.29, 1.82) is 0 Å². The molecule has 0 bridgehead atoms. The third-order valence-corrected chi connectivity index (χ3v) is 3.97. The van der Waals surface area contributed by atoms with E-state index in [1.54, 1.807) is 0 Å². The molecule has 1 aromatic rings. The Labute approximate surface area is 119 Å². The summed E-state index contributed by atoms with van der Waals surface area (Å²) in [5.41, 5.74) is 8.15. The molecule has 0 amide bonds. The average molecular weight is 261 g/mol. The number of unbranched alkanes of at least 4 members (excludes halogenated alkanes) is 5. The van der Waals surface area contributed by atoms with Crippen LogP contribution >= 0.6 is 0 Å². The molecule has 0 radical (unpaired) electrons. The van der Waals surface area contributed by atoms with Crippen LogP contribution in [0.5, 0.6) is 0 Å². The molecular formula is C18H31N. The first-order valence-electron chi connectivity index (χ1n) is 8.13. The molecule has 19 heavy (non-hydrogen) atoms. The van der Waals surface area contributed by atoms with E-state index in [0.717, 1.165) is 11.6 Å². The lowest BCUT2D eigenvalue weighted by molar-refractivity contribution is 0.501. The van der Waals surface area contributed by atoms with Crippen molar-refractivity contribution in [3.8, 4) is 0 Å². The summed E-state index contributed by atoms with van der Waals surface area (Å²) in [7, 11) is 0. The molecule has 0 fully saturated rings. The summed E-state index contributed by atoms with van der Waals surface area (Å²) in [5, 5.41) is 0. The zero-order valence-corrected chi connectivity index (χ0v) is 12.8. The lowest BCUT2D eigenvalue weighted by Gasteiger charge is -2.17. The fourth-order valence-electron chi connectivity index (χ4n) is 2.70. The predicted molar refractivity (Wildman–Crippen MR) is 86.5 cm³/mol. The van der Waals surface area contributed by atoms with Gasteiger partial charge in [0.05, 0.1) is 0 Å². The summed E-state index contributed by atoms with van der Waals surface area (Å²) in [6.45, 7) is 4.55. The standard InChI is InChI=1S/C18H31N/c1-3-5-7-9-11-16(10-8-6-4-2)17-12-14-18(19)15-13-17/h12-16H,3-11,19H2,1-2H3. The van der Waals surface area contributed by atoms with Crippen molar-refractivity contribution in [1.82, 2.24) is 0 Å². The fourth-order valence-corrected chi connectivity index (χ4v) is 2.70. The smallest absolute Gasteiger partial charge is 0.0314 e. The summed E-state index contributed by atoms with van der Waals surface area (Å²) in [4.78, 5) is 0. The Hall–Kier alpha value is -0.980. The number of anilines is 1. The average Bonchev–Trinajstić information content (AvgIpc) is 2.43. The Bertz CT molecular complexity index is 315. The van der Waals surface area contributed by atoms with Gasteiger partial charge in [-0.2, -0.15) is 0 Å². The highest BCUT2D eigenvalue weighted by molar-refractivity contribution is 5.40. The number of hydrogen-bond donors (Lipinski definition) is 1. The first-order chi connectivity index (χ1) is 9.27. The van der Waals surface area contributed by atoms with Gasteiger partial charge >= 0.3 is 0 Å². The minimum absolute atomic E-state index is 0.740. The van der Waals surface area contributed by atoms with Crippen LogP contribution in [0.25, 0.3) is 0 Å². The van der Waals surface area contributed by atoms with E-state index in [-0.39, 0.29) is 0 Å². The fraction of sp³-hybridized carbons (Fsp3) is 0.667. The van der Waals surface area contributed by atoms with E-state index >= 15 is 0 Å². The molecule has 1 nitrogen and oxygen atoms in total. The lowest BCUT2D eigenvalue weighted by Crippen LogP contribution is -2.00. The maximum Gasteiger partial charge on any atom is 0.0314 e. The van der Waals surface area contributed by atoms with Gasteiger partial charge in [-0.05, 0) is 36.5 Å². The molecule has 1 atom stereocenters. The molecule has 0 saturated heterocycles. The van der Waals surface area contributed by atoms with Gasteiger partial charge in [0.2, 0.25) is 0 Å². The van der Waals surface area contributed by atoms with Crippen molar-refractivity contribution >= 4 is 5.69 Å². The van der Waals surface area contributed by atoms with Gasteiger partial charge in [0.15, 0.2) is 0 Å². The van der Waals surface area contributed by atoms with Crippen LogP contribution in [0.1, 0.15) is 83.1 Å². The third kappa shape index (κ3) is 6.66. The van der Waals surface area contributed by atoms with Crippen molar-refractivity contribution < 1.29 is 0 Å². The molecule has 0 heterocycles. The van der Waals surface area contributed by atoms with Crippen LogP contribution in [0.2, 0.25) is 0 Å². The van der Waals surface area contributed by atoms with Crippen LogP contribution in [0.3, 0.4) is 0 Å². The summed E-state index contributed by atoms with van der Waals surface area (Å²) in [5.74, 6) is 0.740. The van der Waals surface area contributed by atoms with Gasteiger partial charge in [-0.1, -0.05) is 70.9 Å². The summed E-state index contributed by atoms with van der Waals surface area (Å²) in [6.07, 6.45) is 12.2. The van der Waals surface area contributed by atoms with Crippen LogP contribution in [0, 0.1) is 0 Å². The van der Waals surface area contributed by atoms with Gasteiger partial charge in [-0.15, -0.1) is 0 Å². The van der Waals surface area contributed by atoms with Gasteiger partial charge in [0, 0.05) is 5.69 Å². The summed E-state index contributed by atoms with van der Waals surface area (Å²) >= 11 is 0. The monoisotopic (exact) mass is 261 g/mol. The molecule has 1 unspecified atom stereocenters. The SMILES string of the molecule is CCCCCCC(CCCCC)c1ccc(N)cc1. The number of hydrogen-bond acceptors (Lipinski definition) is 1. The maximum absolute atomic E-state index is 5.79. The van der Waals surface area contributed by atoms with Gasteiger partial charge in [0.1, 0.15) is 0 Å². The van der Waals surface area contributed by atoms with Gasteiger partial charge in [0.25, 0.3) is 0 Å². The zero-order valence-electron chi connectivity index (χ0n) is 12.8. The number of nitrogens with two attached hydrogens (primary N) is 1. The second kappa shape index (κ2) is 9.89. The molecule has 0 aliphatic rings. The van der Waals surface area contributed by atoms with Crippen LogP contribution < -0.4 is 5.73 Å². The Kier molecular flexibility index (Phi) is 8.36. The Morgan fingerprint density at radius 2 is 1.32 bits per heavy atom. The Balaban J connectivity index is 2.49. The highest BCUT2D eigenvalue weighted by Crippen LogP contribution is 2.28. The first kappa shape index (κ1) is 16.1. The molecular weight excluding hydrogens is 230 g/mol. The molecule has 0 spiro atoms. The normalized spacial score (nSPS) is 12.5. The van der Waals surface area contributed by atoms with E-state index in [4.69, 9.17) is 5.73 Å². The molecule has 108 valence electrons. The van der Waals surface area contributed by atoms with Gasteiger partial charge in [-0.25, -0.2) is 0 Å². The van der Waals surface area contributed by atoms with Gasteiger partial charge in [-0.3, -0.25) is 0 Å². The zero-order chi connectivity index (χ0) is 13.9. The number of rotatable bonds is 10. The van der Waals surface area contributed by atoms with Crippen molar-refractivity contribution in [2.45, 2.75) is 77.6 Å². The quantitative estimate of drug-likeness (QED) is 0.411. The summed E-state index contributed by atoms with van der Waals surface area (Å²) < 4.78 is 0. The van der Waals surface area contributed by atoms with E-state index in [1.807, 2.05) is 12.1 Å². The van der Waals surface area contributed by atoms with E-state index in [2.05, 4.69) is 26.0 Å². The lowest BCUT2D eigenvalue weighted by atomic mass is 9.88. The maximum atomic E-state index is 5.79. The molecule has 1 heteroatoms. The topological polar surface area (TPSA) is 26.0 Å². The Morgan fingerprint density at radius 1 is 0.789 bits per heavy atom. The highest BCUT2D eigenvalue weighted by Gasteiger charge is 2.10. The predicted octanol–water partition coefficient (Wildman–Crippen LogP) is 5.90. The molecule has 0 saturated carbocycles. The van der Waals surface area contributed by atoms with Crippen molar-refractivity contribution in [3.05, 3.63) is 29.8 Å². The molecule has 0 aliphatic carbocycles. The minimum atomic E-state index is 0.740. The van der Waals surface area contributed by atoms with Crippen molar-refractivity contribution in [2.75, 3.05) is 5.73 Å². The first-order valence-corrected chi connectivity index (χ1v) is 8.13. The second-order valence-corrected chi connectivity index (χ2v) is 5.71. The highest BCUT2D eigenvalue weighted by atomic mass is 14.5. The van der Waals surface area contributed by atoms with Crippen molar-refractivity contribution in [3.63, 3.8) is 0 Å². The van der Waals surface area contributed by atoms with E-state index in [9.17, 15) is 0 Å². The number of benzene rings is 1. The van der Waals surface area contributed by atoms with Crippen LogP contribution in [0.4, 0.5) is 5.69 Å².